The SMILES string of the molecule is N#CN1C(=N)c2c(Br)cccc2S1(=O)=O. The molecule has 76 valence electrons. The van der Waals surface area contributed by atoms with E-state index < -0.39 is 10.0 Å². The van der Waals surface area contributed by atoms with Gasteiger partial charge in [-0.05, 0) is 28.1 Å². The van der Waals surface area contributed by atoms with Crippen LogP contribution in [-0.4, -0.2) is 18.6 Å². The zero-order chi connectivity index (χ0) is 11.2. The molecule has 1 heterocycles. The van der Waals surface area contributed by atoms with Gasteiger partial charge in [-0.25, -0.2) is 0 Å². The van der Waals surface area contributed by atoms with E-state index in [1.165, 1.54) is 12.3 Å². The first-order valence-corrected chi connectivity index (χ1v) is 6.06. The van der Waals surface area contributed by atoms with Crippen molar-refractivity contribution in [2.45, 2.75) is 4.90 Å². The van der Waals surface area contributed by atoms with E-state index in [0.29, 0.717) is 8.78 Å². The van der Waals surface area contributed by atoms with Gasteiger partial charge in [0.05, 0.1) is 5.56 Å². The van der Waals surface area contributed by atoms with Crippen molar-refractivity contribution in [1.29, 1.82) is 10.7 Å². The number of amidine groups is 1. The second-order valence-electron chi connectivity index (χ2n) is 2.83. The Kier molecular flexibility index (Phi) is 2.06. The number of halogens is 1. The molecule has 5 nitrogen and oxygen atoms in total. The number of rotatable bonds is 0. The zero-order valence-corrected chi connectivity index (χ0v) is 9.63. The monoisotopic (exact) mass is 285 g/mol. The molecule has 1 N–H and O–H groups in total. The highest BCUT2D eigenvalue weighted by Gasteiger charge is 2.40. The third kappa shape index (κ3) is 1.19. The van der Waals surface area contributed by atoms with Gasteiger partial charge in [0.25, 0.3) is 10.0 Å². The fourth-order valence-electron chi connectivity index (χ4n) is 1.37. The van der Waals surface area contributed by atoms with Crippen LogP contribution in [0.4, 0.5) is 0 Å². The van der Waals surface area contributed by atoms with Gasteiger partial charge in [0.15, 0.2) is 5.84 Å². The summed E-state index contributed by atoms with van der Waals surface area (Å²) in [5, 5.41) is 16.3. The fraction of sp³-hybridized carbons (Fsp3) is 0. The van der Waals surface area contributed by atoms with Crippen LogP contribution in [0.15, 0.2) is 27.6 Å². The molecule has 1 aromatic carbocycles. The van der Waals surface area contributed by atoms with Gasteiger partial charge >= 0.3 is 0 Å². The normalized spacial score (nSPS) is 17.3. The number of nitrogens with zero attached hydrogens (tertiary/aromatic N) is 2. The van der Waals surface area contributed by atoms with Crippen molar-refractivity contribution in [3.05, 3.63) is 28.2 Å². The van der Waals surface area contributed by atoms with Gasteiger partial charge in [0, 0.05) is 4.47 Å². The summed E-state index contributed by atoms with van der Waals surface area (Å²) in [5.74, 6) is -0.319. The molecule has 0 aliphatic carbocycles. The first-order chi connectivity index (χ1) is 7.00. The van der Waals surface area contributed by atoms with E-state index in [0.717, 1.165) is 0 Å². The van der Waals surface area contributed by atoms with Crippen molar-refractivity contribution in [3.63, 3.8) is 0 Å². The van der Waals surface area contributed by atoms with Crippen molar-refractivity contribution in [2.24, 2.45) is 0 Å². The molecule has 7 heteroatoms. The van der Waals surface area contributed by atoms with E-state index in [1.807, 2.05) is 0 Å². The molecule has 0 bridgehead atoms. The summed E-state index contributed by atoms with van der Waals surface area (Å²) in [7, 11) is -3.85. The maximum absolute atomic E-state index is 11.7. The standard InChI is InChI=1S/C8H4BrN3O2S/c9-5-2-1-3-6-7(5)8(11)12(4-10)15(6,13)14/h1-3,11H. The number of hydrogen-bond acceptors (Lipinski definition) is 4. The van der Waals surface area contributed by atoms with Crippen LogP contribution in [0.1, 0.15) is 5.56 Å². The Balaban J connectivity index is 2.87. The predicted octanol–water partition coefficient (Wildman–Crippen LogP) is 1.26. The molecule has 0 fully saturated rings. The highest BCUT2D eigenvalue weighted by molar-refractivity contribution is 9.10. The maximum Gasteiger partial charge on any atom is 0.279 e. The summed E-state index contributed by atoms with van der Waals surface area (Å²) in [6, 6.07) is 4.56. The minimum absolute atomic E-state index is 0.0107. The second-order valence-corrected chi connectivity index (χ2v) is 5.44. The van der Waals surface area contributed by atoms with Crippen LogP contribution >= 0.6 is 15.9 Å². The maximum atomic E-state index is 11.7. The number of hydrogen-bond donors (Lipinski definition) is 1. The average Bonchev–Trinajstić information content (AvgIpc) is 2.36. The molecular formula is C8H4BrN3O2S. The molecule has 0 saturated heterocycles. The summed E-state index contributed by atoms with van der Waals surface area (Å²) in [6.07, 6.45) is 1.48. The van der Waals surface area contributed by atoms with Crippen LogP contribution in [0.5, 0.6) is 0 Å². The van der Waals surface area contributed by atoms with Crippen LogP contribution in [0.3, 0.4) is 0 Å². The van der Waals surface area contributed by atoms with E-state index in [1.54, 1.807) is 12.1 Å². The van der Waals surface area contributed by atoms with Gasteiger partial charge in [-0.15, -0.1) is 0 Å². The smallest absolute Gasteiger partial charge is 0.279 e. The van der Waals surface area contributed by atoms with E-state index in [-0.39, 0.29) is 16.3 Å². The Labute approximate surface area is 94.6 Å². The number of benzene rings is 1. The van der Waals surface area contributed by atoms with Gasteiger partial charge in [0.1, 0.15) is 4.90 Å². The van der Waals surface area contributed by atoms with Crippen molar-refractivity contribution in [3.8, 4) is 6.19 Å². The molecule has 0 atom stereocenters. The summed E-state index contributed by atoms with van der Waals surface area (Å²) < 4.78 is 24.3. The summed E-state index contributed by atoms with van der Waals surface area (Å²) >= 11 is 3.15. The van der Waals surface area contributed by atoms with E-state index in [2.05, 4.69) is 15.9 Å². The molecule has 1 aromatic rings. The summed E-state index contributed by atoms with van der Waals surface area (Å²) in [5.41, 5.74) is 0.235. The van der Waals surface area contributed by atoms with Gasteiger partial charge in [-0.2, -0.15) is 18.0 Å². The molecule has 2 rings (SSSR count). The van der Waals surface area contributed by atoms with E-state index in [9.17, 15) is 8.42 Å². The van der Waals surface area contributed by atoms with Gasteiger partial charge in [0.2, 0.25) is 6.19 Å². The third-order valence-electron chi connectivity index (χ3n) is 2.02. The molecular weight excluding hydrogens is 282 g/mol. The molecule has 0 spiro atoms. The van der Waals surface area contributed by atoms with Gasteiger partial charge < -0.3 is 0 Å². The van der Waals surface area contributed by atoms with Gasteiger partial charge in [-0.1, -0.05) is 6.07 Å². The first kappa shape index (κ1) is 10.1. The predicted molar refractivity (Wildman–Crippen MR) is 55.6 cm³/mol. The lowest BCUT2D eigenvalue weighted by Gasteiger charge is -2.03. The first-order valence-electron chi connectivity index (χ1n) is 3.82. The summed E-state index contributed by atoms with van der Waals surface area (Å²) in [4.78, 5) is -0.0107. The Morgan fingerprint density at radius 2 is 2.13 bits per heavy atom. The molecule has 0 aromatic heterocycles. The molecule has 1 aliphatic heterocycles. The van der Waals surface area contributed by atoms with Crippen LogP contribution in [-0.2, 0) is 10.0 Å². The number of nitrogens with one attached hydrogen (secondary N) is 1. The lowest BCUT2D eigenvalue weighted by Crippen LogP contribution is -2.24. The van der Waals surface area contributed by atoms with E-state index >= 15 is 0 Å². The number of sulfonamides is 1. The lowest BCUT2D eigenvalue weighted by atomic mass is 10.2. The van der Waals surface area contributed by atoms with Crippen LogP contribution in [0.2, 0.25) is 0 Å². The highest BCUT2D eigenvalue weighted by atomic mass is 79.9. The van der Waals surface area contributed by atoms with Crippen molar-refractivity contribution in [1.82, 2.24) is 4.31 Å². The van der Waals surface area contributed by atoms with Crippen LogP contribution in [0.25, 0.3) is 0 Å². The van der Waals surface area contributed by atoms with Crippen molar-refractivity contribution in [2.75, 3.05) is 0 Å². The van der Waals surface area contributed by atoms with Crippen LogP contribution in [0, 0.1) is 16.9 Å². The topological polar surface area (TPSA) is 85.0 Å². The zero-order valence-electron chi connectivity index (χ0n) is 7.23. The molecule has 0 unspecified atom stereocenters. The molecule has 15 heavy (non-hydrogen) atoms. The Hall–Kier alpha value is -1.39. The number of fused-ring (bicyclic) bond motifs is 1. The summed E-state index contributed by atoms with van der Waals surface area (Å²) in [6.45, 7) is 0. The molecule has 0 radical (unpaired) electrons. The van der Waals surface area contributed by atoms with Crippen molar-refractivity contribution < 1.29 is 8.42 Å². The largest absolute Gasteiger partial charge is 0.282 e. The highest BCUT2D eigenvalue weighted by Crippen LogP contribution is 2.34. The lowest BCUT2D eigenvalue weighted by molar-refractivity contribution is 0.571. The van der Waals surface area contributed by atoms with Crippen molar-refractivity contribution >= 4 is 31.8 Å². The van der Waals surface area contributed by atoms with Crippen LogP contribution < -0.4 is 0 Å². The molecule has 0 amide bonds. The fourth-order valence-corrected chi connectivity index (χ4v) is 3.41. The quantitative estimate of drug-likeness (QED) is 0.728. The minimum atomic E-state index is -3.85. The Morgan fingerprint density at radius 1 is 1.47 bits per heavy atom. The average molecular weight is 286 g/mol. The van der Waals surface area contributed by atoms with Gasteiger partial charge in [-0.3, -0.25) is 5.41 Å². The Bertz CT molecular complexity index is 603. The molecule has 1 aliphatic rings. The third-order valence-corrected chi connectivity index (χ3v) is 4.33. The second kappa shape index (κ2) is 3.05. The van der Waals surface area contributed by atoms with E-state index in [4.69, 9.17) is 10.7 Å². The minimum Gasteiger partial charge on any atom is -0.282 e. The Morgan fingerprint density at radius 3 is 2.67 bits per heavy atom. The molecule has 0 saturated carbocycles. The number of nitriles is 1.